The molecule has 6 atom stereocenters. The highest BCUT2D eigenvalue weighted by Gasteiger charge is 2.71. The van der Waals surface area contributed by atoms with Crippen LogP contribution in [-0.4, -0.2) is 81.0 Å². The predicted octanol–water partition coefficient (Wildman–Crippen LogP) is 3.26. The Kier molecular flexibility index (Phi) is 7.42. The molecule has 9 heteroatoms. The molecule has 4 aliphatic heterocycles. The second-order valence-corrected chi connectivity index (χ2v) is 12.5. The SMILES string of the molecule is CCOc1ccc(N2CC=C[C@H]3S[C@]45C=CCN(Cc6ccccc6)C(=O)C4N([C@H](C)CO)C(=O)[C@@H]5[C@H]3C2=O)cc1. The number of carbonyl (C=O) groups is 3. The number of aliphatic hydroxyl groups is 1. The van der Waals surface area contributed by atoms with Gasteiger partial charge in [0.05, 0.1) is 35.8 Å². The van der Waals surface area contributed by atoms with Crippen LogP contribution >= 0.6 is 11.8 Å². The molecule has 6 rings (SSSR count). The Morgan fingerprint density at radius 3 is 2.46 bits per heavy atom. The molecular weight excluding hydrogens is 538 g/mol. The molecule has 0 aliphatic carbocycles. The molecule has 8 nitrogen and oxygen atoms in total. The normalized spacial score (nSPS) is 29.6. The van der Waals surface area contributed by atoms with Crippen molar-refractivity contribution < 1.29 is 24.2 Å². The van der Waals surface area contributed by atoms with Gasteiger partial charge in [0.1, 0.15) is 11.8 Å². The monoisotopic (exact) mass is 573 g/mol. The molecule has 3 amide bonds. The van der Waals surface area contributed by atoms with E-state index in [-0.39, 0.29) is 29.6 Å². The molecule has 1 unspecified atom stereocenters. The highest BCUT2D eigenvalue weighted by Crippen LogP contribution is 2.61. The Morgan fingerprint density at radius 1 is 1.00 bits per heavy atom. The summed E-state index contributed by atoms with van der Waals surface area (Å²) in [6, 6.07) is 15.8. The first kappa shape index (κ1) is 27.6. The highest BCUT2D eigenvalue weighted by atomic mass is 32.2. The zero-order valence-electron chi connectivity index (χ0n) is 23.3. The van der Waals surface area contributed by atoms with E-state index in [4.69, 9.17) is 4.74 Å². The minimum Gasteiger partial charge on any atom is -0.494 e. The first-order valence-corrected chi connectivity index (χ1v) is 15.1. The Balaban J connectivity index is 1.38. The molecular formula is C32H35N3O5S. The maximum Gasteiger partial charge on any atom is 0.247 e. The summed E-state index contributed by atoms with van der Waals surface area (Å²) in [4.78, 5) is 48.1. The number of hydrogen-bond acceptors (Lipinski definition) is 6. The van der Waals surface area contributed by atoms with Crippen LogP contribution in [0.2, 0.25) is 0 Å². The van der Waals surface area contributed by atoms with Crippen LogP contribution in [0.3, 0.4) is 0 Å². The van der Waals surface area contributed by atoms with E-state index < -0.39 is 28.7 Å². The van der Waals surface area contributed by atoms with Crippen molar-refractivity contribution in [3.8, 4) is 5.75 Å². The fourth-order valence-corrected chi connectivity index (χ4v) is 8.75. The van der Waals surface area contributed by atoms with Crippen LogP contribution in [0.25, 0.3) is 0 Å². The molecule has 2 aromatic carbocycles. The second-order valence-electron chi connectivity index (χ2n) is 11.0. The van der Waals surface area contributed by atoms with E-state index in [1.165, 1.54) is 0 Å². The van der Waals surface area contributed by atoms with E-state index in [1.54, 1.807) is 33.4 Å². The van der Waals surface area contributed by atoms with Gasteiger partial charge >= 0.3 is 0 Å². The zero-order chi connectivity index (χ0) is 28.7. The van der Waals surface area contributed by atoms with Gasteiger partial charge in [0.25, 0.3) is 0 Å². The third kappa shape index (κ3) is 4.55. The van der Waals surface area contributed by atoms with Crippen LogP contribution in [0, 0.1) is 11.8 Å². The minimum absolute atomic E-state index is 0.129. The number of thioether (sulfide) groups is 1. The fourth-order valence-electron chi connectivity index (χ4n) is 6.75. The Labute approximate surface area is 244 Å². The molecule has 2 aromatic rings. The van der Waals surface area contributed by atoms with E-state index in [9.17, 15) is 19.5 Å². The van der Waals surface area contributed by atoms with Gasteiger partial charge in [0.2, 0.25) is 17.7 Å². The van der Waals surface area contributed by atoms with Gasteiger partial charge in [-0.05, 0) is 43.7 Å². The predicted molar refractivity (Wildman–Crippen MR) is 158 cm³/mol. The Hall–Kier alpha value is -3.56. The first-order chi connectivity index (χ1) is 19.9. The smallest absolute Gasteiger partial charge is 0.247 e. The van der Waals surface area contributed by atoms with Gasteiger partial charge < -0.3 is 24.5 Å². The van der Waals surface area contributed by atoms with Crippen LogP contribution < -0.4 is 9.64 Å². The lowest BCUT2D eigenvalue weighted by Crippen LogP contribution is -2.55. The van der Waals surface area contributed by atoms with E-state index >= 15 is 0 Å². The molecule has 214 valence electrons. The molecule has 2 fully saturated rings. The number of amides is 3. The molecule has 0 radical (unpaired) electrons. The lowest BCUT2D eigenvalue weighted by atomic mass is 9.78. The standard InChI is InChI=1S/C32H35N3O5S/c1-3-40-24-14-12-23(13-15-24)34-18-7-11-25-26(29(34)37)27-30(38)35(21(2)20-36)28-31(39)33(17-8-16-32(27,28)41-25)19-22-9-5-4-6-10-22/h4-16,21,25-28,36H,3,17-20H2,1-2H3/t21-,25-,26+,27+,28?,32+/m1/s1. The zero-order valence-corrected chi connectivity index (χ0v) is 24.1. The number of anilines is 1. The highest BCUT2D eigenvalue weighted by molar-refractivity contribution is 8.02. The number of rotatable bonds is 7. The van der Waals surface area contributed by atoms with Gasteiger partial charge in [-0.15, -0.1) is 11.8 Å². The number of nitrogens with zero attached hydrogens (tertiary/aromatic N) is 3. The van der Waals surface area contributed by atoms with E-state index in [0.717, 1.165) is 17.0 Å². The van der Waals surface area contributed by atoms with Crippen molar-refractivity contribution in [2.24, 2.45) is 11.8 Å². The summed E-state index contributed by atoms with van der Waals surface area (Å²) in [5.74, 6) is -1.17. The van der Waals surface area contributed by atoms with Gasteiger partial charge in [-0.25, -0.2) is 0 Å². The molecule has 1 N–H and O–H groups in total. The average Bonchev–Trinajstić information content (AvgIpc) is 3.31. The number of aliphatic hydroxyl groups excluding tert-OH is 1. The summed E-state index contributed by atoms with van der Waals surface area (Å²) >= 11 is 1.55. The maximum atomic E-state index is 14.3. The summed E-state index contributed by atoms with van der Waals surface area (Å²) in [5.41, 5.74) is 1.74. The minimum atomic E-state index is -0.916. The molecule has 4 aliphatic rings. The van der Waals surface area contributed by atoms with Crippen LogP contribution in [0.5, 0.6) is 5.75 Å². The van der Waals surface area contributed by atoms with Gasteiger partial charge in [-0.2, -0.15) is 0 Å². The summed E-state index contributed by atoms with van der Waals surface area (Å²) in [7, 11) is 0. The van der Waals surface area contributed by atoms with Crippen LogP contribution in [-0.2, 0) is 20.9 Å². The number of likely N-dealkylation sites (tertiary alicyclic amines) is 1. The van der Waals surface area contributed by atoms with Crippen molar-refractivity contribution in [3.63, 3.8) is 0 Å². The molecule has 0 aromatic heterocycles. The van der Waals surface area contributed by atoms with E-state index in [1.807, 2.05) is 85.8 Å². The number of carbonyl (C=O) groups excluding carboxylic acids is 3. The van der Waals surface area contributed by atoms with Crippen molar-refractivity contribution in [2.45, 2.75) is 42.5 Å². The maximum absolute atomic E-state index is 14.3. The average molecular weight is 574 g/mol. The van der Waals surface area contributed by atoms with Gasteiger partial charge in [-0.3, -0.25) is 14.4 Å². The van der Waals surface area contributed by atoms with Crippen LogP contribution in [0.4, 0.5) is 5.69 Å². The van der Waals surface area contributed by atoms with E-state index in [0.29, 0.717) is 26.2 Å². The summed E-state index contributed by atoms with van der Waals surface area (Å²) in [6.45, 7) is 5.19. The van der Waals surface area contributed by atoms with Crippen molar-refractivity contribution in [2.75, 3.05) is 31.2 Å². The van der Waals surface area contributed by atoms with Crippen molar-refractivity contribution in [1.82, 2.24) is 9.80 Å². The van der Waals surface area contributed by atoms with Crippen LogP contribution in [0.1, 0.15) is 19.4 Å². The third-order valence-corrected chi connectivity index (χ3v) is 10.3. The quantitative estimate of drug-likeness (QED) is 0.512. The lowest BCUT2D eigenvalue weighted by Gasteiger charge is -2.37. The van der Waals surface area contributed by atoms with E-state index in [2.05, 4.69) is 0 Å². The molecule has 41 heavy (non-hydrogen) atoms. The van der Waals surface area contributed by atoms with Gasteiger partial charge in [0, 0.05) is 30.6 Å². The number of benzene rings is 2. The number of hydrogen-bond donors (Lipinski definition) is 1. The number of ether oxygens (including phenoxy) is 1. The Bertz CT molecular complexity index is 1380. The van der Waals surface area contributed by atoms with Crippen molar-refractivity contribution in [3.05, 3.63) is 84.5 Å². The molecule has 4 heterocycles. The Morgan fingerprint density at radius 2 is 1.76 bits per heavy atom. The van der Waals surface area contributed by atoms with Crippen LogP contribution in [0.15, 0.2) is 78.9 Å². The second kappa shape index (κ2) is 11.0. The topological polar surface area (TPSA) is 90.4 Å². The van der Waals surface area contributed by atoms with Crippen molar-refractivity contribution >= 4 is 35.2 Å². The lowest BCUT2D eigenvalue weighted by molar-refractivity contribution is -0.145. The van der Waals surface area contributed by atoms with Gasteiger partial charge in [-0.1, -0.05) is 54.6 Å². The molecule has 0 saturated carbocycles. The molecule has 0 bridgehead atoms. The first-order valence-electron chi connectivity index (χ1n) is 14.2. The largest absolute Gasteiger partial charge is 0.494 e. The summed E-state index contributed by atoms with van der Waals surface area (Å²) in [6.07, 6.45) is 8.00. The summed E-state index contributed by atoms with van der Waals surface area (Å²) in [5, 5.41) is 9.91. The van der Waals surface area contributed by atoms with Gasteiger partial charge in [0.15, 0.2) is 0 Å². The molecule has 2 saturated heterocycles. The fraction of sp³-hybridized carbons (Fsp3) is 0.406. The summed E-state index contributed by atoms with van der Waals surface area (Å²) < 4.78 is 4.66. The molecule has 1 spiro atoms. The van der Waals surface area contributed by atoms with Crippen molar-refractivity contribution in [1.29, 1.82) is 0 Å². The number of fused-ring (bicyclic) bond motifs is 2. The third-order valence-electron chi connectivity index (χ3n) is 8.59.